The normalized spacial score (nSPS) is 24.2. The lowest BCUT2D eigenvalue weighted by Crippen LogP contribution is -2.51. The first-order valence-electron chi connectivity index (χ1n) is 10.6. The Kier molecular flexibility index (Phi) is 6.50. The Morgan fingerprint density at radius 2 is 1.86 bits per heavy atom. The van der Waals surface area contributed by atoms with E-state index in [4.69, 9.17) is 4.74 Å². The zero-order valence-corrected chi connectivity index (χ0v) is 17.4. The SMILES string of the molecule is CN1CCN(C[C@@]2(O)CCN(Cc3ccc(OCCn4cccn4)cc3)C2)CC1. The van der Waals surface area contributed by atoms with Crippen molar-refractivity contribution in [3.8, 4) is 5.75 Å². The van der Waals surface area contributed by atoms with E-state index >= 15 is 0 Å². The highest BCUT2D eigenvalue weighted by atomic mass is 16.5. The Labute approximate surface area is 173 Å². The molecule has 0 saturated carbocycles. The van der Waals surface area contributed by atoms with Crippen LogP contribution in [0.5, 0.6) is 5.75 Å². The molecule has 2 saturated heterocycles. The average molecular weight is 400 g/mol. The number of aliphatic hydroxyl groups is 1. The van der Waals surface area contributed by atoms with Crippen molar-refractivity contribution in [2.45, 2.75) is 25.1 Å². The predicted molar refractivity (Wildman–Crippen MR) is 113 cm³/mol. The molecular weight excluding hydrogens is 366 g/mol. The summed E-state index contributed by atoms with van der Waals surface area (Å²) in [7, 11) is 2.17. The van der Waals surface area contributed by atoms with Crippen LogP contribution in [0.3, 0.4) is 0 Å². The van der Waals surface area contributed by atoms with Gasteiger partial charge in [-0.2, -0.15) is 5.10 Å². The summed E-state index contributed by atoms with van der Waals surface area (Å²) < 4.78 is 7.67. The van der Waals surface area contributed by atoms with Gasteiger partial charge < -0.3 is 14.7 Å². The minimum atomic E-state index is -0.578. The molecule has 0 amide bonds. The van der Waals surface area contributed by atoms with Gasteiger partial charge in [-0.1, -0.05) is 12.1 Å². The predicted octanol–water partition coefficient (Wildman–Crippen LogP) is 1.15. The summed E-state index contributed by atoms with van der Waals surface area (Å²) >= 11 is 0. The maximum absolute atomic E-state index is 11.1. The molecule has 0 bridgehead atoms. The molecule has 1 aromatic carbocycles. The van der Waals surface area contributed by atoms with Crippen molar-refractivity contribution < 1.29 is 9.84 Å². The van der Waals surface area contributed by atoms with Crippen molar-refractivity contribution in [3.05, 3.63) is 48.3 Å². The fourth-order valence-electron chi connectivity index (χ4n) is 4.27. The third kappa shape index (κ3) is 5.79. The fourth-order valence-corrected chi connectivity index (χ4v) is 4.27. The summed E-state index contributed by atoms with van der Waals surface area (Å²) in [6.07, 6.45) is 4.57. The molecule has 158 valence electrons. The Bertz CT molecular complexity index is 743. The molecule has 2 fully saturated rings. The Morgan fingerprint density at radius 1 is 1.07 bits per heavy atom. The van der Waals surface area contributed by atoms with Gasteiger partial charge in [-0.3, -0.25) is 14.5 Å². The highest BCUT2D eigenvalue weighted by Gasteiger charge is 2.37. The van der Waals surface area contributed by atoms with Crippen molar-refractivity contribution >= 4 is 0 Å². The summed E-state index contributed by atoms with van der Waals surface area (Å²) in [4.78, 5) is 7.13. The van der Waals surface area contributed by atoms with Gasteiger partial charge in [0.05, 0.1) is 12.1 Å². The van der Waals surface area contributed by atoms with Crippen molar-refractivity contribution in [1.29, 1.82) is 0 Å². The summed E-state index contributed by atoms with van der Waals surface area (Å²) in [6, 6.07) is 10.2. The minimum absolute atomic E-state index is 0.578. The molecule has 7 heteroatoms. The van der Waals surface area contributed by atoms with E-state index in [0.717, 1.165) is 71.1 Å². The molecule has 0 radical (unpaired) electrons. The summed E-state index contributed by atoms with van der Waals surface area (Å²) in [6.45, 7) is 9.02. The molecule has 0 unspecified atom stereocenters. The van der Waals surface area contributed by atoms with Gasteiger partial charge in [0.15, 0.2) is 0 Å². The van der Waals surface area contributed by atoms with E-state index in [-0.39, 0.29) is 0 Å². The Hall–Kier alpha value is -1.93. The molecule has 0 spiro atoms. The van der Waals surface area contributed by atoms with Crippen LogP contribution in [0.15, 0.2) is 42.7 Å². The number of nitrogens with zero attached hydrogens (tertiary/aromatic N) is 5. The van der Waals surface area contributed by atoms with Crippen LogP contribution in [0, 0.1) is 0 Å². The molecular formula is C22H33N5O2. The average Bonchev–Trinajstić information content (AvgIpc) is 3.35. The molecule has 2 aromatic rings. The summed E-state index contributed by atoms with van der Waals surface area (Å²) in [5, 5.41) is 15.2. The first-order chi connectivity index (χ1) is 14.1. The molecule has 29 heavy (non-hydrogen) atoms. The van der Waals surface area contributed by atoms with Crippen molar-refractivity contribution in [1.82, 2.24) is 24.5 Å². The van der Waals surface area contributed by atoms with E-state index in [1.54, 1.807) is 6.20 Å². The second-order valence-corrected chi connectivity index (χ2v) is 8.53. The molecule has 1 aromatic heterocycles. The quantitative estimate of drug-likeness (QED) is 0.719. The van der Waals surface area contributed by atoms with Crippen LogP contribution in [-0.4, -0.2) is 94.7 Å². The number of hydrogen-bond donors (Lipinski definition) is 1. The third-order valence-electron chi connectivity index (χ3n) is 6.00. The summed E-state index contributed by atoms with van der Waals surface area (Å²) in [5.74, 6) is 0.883. The summed E-state index contributed by atoms with van der Waals surface area (Å²) in [5.41, 5.74) is 0.680. The van der Waals surface area contributed by atoms with Crippen molar-refractivity contribution in [2.75, 3.05) is 59.5 Å². The molecule has 2 aliphatic heterocycles. The van der Waals surface area contributed by atoms with Crippen LogP contribution in [0.2, 0.25) is 0 Å². The lowest BCUT2D eigenvalue weighted by Gasteiger charge is -2.36. The van der Waals surface area contributed by atoms with Crippen molar-refractivity contribution in [3.63, 3.8) is 0 Å². The van der Waals surface area contributed by atoms with Crippen LogP contribution in [-0.2, 0) is 13.1 Å². The van der Waals surface area contributed by atoms with Gasteiger partial charge in [-0.25, -0.2) is 0 Å². The first-order valence-corrected chi connectivity index (χ1v) is 10.6. The fraction of sp³-hybridized carbons (Fsp3) is 0.591. The van der Waals surface area contributed by atoms with Crippen LogP contribution >= 0.6 is 0 Å². The lowest BCUT2D eigenvalue weighted by molar-refractivity contribution is -0.000370. The molecule has 1 atom stereocenters. The maximum Gasteiger partial charge on any atom is 0.119 e. The van der Waals surface area contributed by atoms with Crippen LogP contribution < -0.4 is 4.74 Å². The molecule has 4 rings (SSSR count). The molecule has 1 N–H and O–H groups in total. The third-order valence-corrected chi connectivity index (χ3v) is 6.00. The molecule has 3 heterocycles. The van der Waals surface area contributed by atoms with Gasteiger partial charge in [0.2, 0.25) is 0 Å². The number of benzene rings is 1. The standard InChI is InChI=1S/C22H33N5O2/c1-24-11-13-25(14-12-24)18-22(28)7-10-26(19-22)17-20-3-5-21(6-4-20)29-16-15-27-9-2-8-23-27/h2-6,8-9,28H,7,10-19H2,1H3/t22-/m0/s1. The number of likely N-dealkylation sites (tertiary alicyclic amines) is 1. The van der Waals surface area contributed by atoms with Gasteiger partial charge >= 0.3 is 0 Å². The lowest BCUT2D eigenvalue weighted by atomic mass is 10.0. The first kappa shape index (κ1) is 20.3. The van der Waals surface area contributed by atoms with E-state index in [1.807, 2.05) is 29.1 Å². The van der Waals surface area contributed by atoms with Crippen LogP contribution in [0.1, 0.15) is 12.0 Å². The Morgan fingerprint density at radius 3 is 2.59 bits per heavy atom. The number of likely N-dealkylation sites (N-methyl/N-ethyl adjacent to an activating group) is 1. The molecule has 2 aliphatic rings. The van der Waals surface area contributed by atoms with Crippen LogP contribution in [0.25, 0.3) is 0 Å². The number of ether oxygens (including phenoxy) is 1. The van der Waals surface area contributed by atoms with Gasteiger partial charge in [0.1, 0.15) is 12.4 Å². The van der Waals surface area contributed by atoms with E-state index in [0.29, 0.717) is 6.61 Å². The van der Waals surface area contributed by atoms with Crippen LogP contribution in [0.4, 0.5) is 0 Å². The highest BCUT2D eigenvalue weighted by molar-refractivity contribution is 5.27. The van der Waals surface area contributed by atoms with E-state index < -0.39 is 5.60 Å². The van der Waals surface area contributed by atoms with E-state index in [9.17, 15) is 5.11 Å². The van der Waals surface area contributed by atoms with Gasteiger partial charge in [-0.15, -0.1) is 0 Å². The number of β-amino-alcohol motifs (C(OH)–C–C–N with tert-alkyl or cyclic N) is 1. The van der Waals surface area contributed by atoms with Crippen molar-refractivity contribution in [2.24, 2.45) is 0 Å². The van der Waals surface area contributed by atoms with Gasteiger partial charge in [-0.05, 0) is 37.2 Å². The minimum Gasteiger partial charge on any atom is -0.492 e. The number of piperazine rings is 1. The van der Waals surface area contributed by atoms with E-state index in [2.05, 4.69) is 39.0 Å². The van der Waals surface area contributed by atoms with Gasteiger partial charge in [0, 0.05) is 64.8 Å². The number of hydrogen-bond acceptors (Lipinski definition) is 6. The highest BCUT2D eigenvalue weighted by Crippen LogP contribution is 2.25. The zero-order chi connectivity index (χ0) is 20.1. The number of aromatic nitrogens is 2. The smallest absolute Gasteiger partial charge is 0.119 e. The largest absolute Gasteiger partial charge is 0.492 e. The van der Waals surface area contributed by atoms with E-state index in [1.165, 1.54) is 5.56 Å². The second-order valence-electron chi connectivity index (χ2n) is 8.53. The molecule has 0 aliphatic carbocycles. The Balaban J connectivity index is 1.21. The monoisotopic (exact) mass is 399 g/mol. The zero-order valence-electron chi connectivity index (χ0n) is 17.4. The molecule has 7 nitrogen and oxygen atoms in total. The second kappa shape index (κ2) is 9.26. The number of rotatable bonds is 8. The topological polar surface area (TPSA) is 57.0 Å². The van der Waals surface area contributed by atoms with Gasteiger partial charge in [0.25, 0.3) is 0 Å². The maximum atomic E-state index is 11.1.